The Hall–Kier alpha value is -3.15. The minimum absolute atomic E-state index is 0.0241. The van der Waals surface area contributed by atoms with Gasteiger partial charge in [-0.25, -0.2) is 9.67 Å². The highest BCUT2D eigenvalue weighted by molar-refractivity contribution is 5.94. The van der Waals surface area contributed by atoms with Gasteiger partial charge in [0.1, 0.15) is 25.0 Å². The fraction of sp³-hybridized carbons (Fsp3) is 0.211. The molecule has 0 N–H and O–H groups in total. The van der Waals surface area contributed by atoms with Crippen molar-refractivity contribution in [1.82, 2.24) is 19.7 Å². The number of likely N-dealkylation sites (N-methyl/N-ethyl adjacent to an activating group) is 1. The van der Waals surface area contributed by atoms with Crippen molar-refractivity contribution >= 4 is 5.91 Å². The quantitative estimate of drug-likeness (QED) is 0.665. The SMILES string of the molecule is CN(CCOc1ccccc1)C(=O)c1ccc(Cn2cncn2)cc1. The predicted octanol–water partition coefficient (Wildman–Crippen LogP) is 2.48. The Morgan fingerprint density at radius 3 is 2.56 bits per heavy atom. The van der Waals surface area contributed by atoms with E-state index >= 15 is 0 Å². The second-order valence-corrected chi connectivity index (χ2v) is 5.68. The standard InChI is InChI=1S/C19H20N4O2/c1-22(11-12-25-18-5-3-2-4-6-18)19(24)17-9-7-16(8-10-17)13-23-15-20-14-21-23/h2-10,14-15H,11-13H2,1H3. The summed E-state index contributed by atoms with van der Waals surface area (Å²) in [5, 5.41) is 4.07. The molecule has 0 aliphatic heterocycles. The fourth-order valence-corrected chi connectivity index (χ4v) is 2.39. The number of carbonyl (C=O) groups is 1. The Morgan fingerprint density at radius 1 is 1.12 bits per heavy atom. The first-order chi connectivity index (χ1) is 12.2. The van der Waals surface area contributed by atoms with E-state index in [1.54, 1.807) is 23.0 Å². The minimum atomic E-state index is -0.0241. The Bertz CT molecular complexity index is 786. The summed E-state index contributed by atoms with van der Waals surface area (Å²) in [4.78, 5) is 18.0. The molecule has 0 saturated carbocycles. The van der Waals surface area contributed by atoms with E-state index in [1.165, 1.54) is 6.33 Å². The lowest BCUT2D eigenvalue weighted by Crippen LogP contribution is -2.30. The Labute approximate surface area is 146 Å². The van der Waals surface area contributed by atoms with E-state index < -0.39 is 0 Å². The molecule has 0 aliphatic rings. The van der Waals surface area contributed by atoms with E-state index in [2.05, 4.69) is 10.1 Å². The van der Waals surface area contributed by atoms with Gasteiger partial charge in [0, 0.05) is 12.6 Å². The monoisotopic (exact) mass is 336 g/mol. The van der Waals surface area contributed by atoms with Gasteiger partial charge in [0.15, 0.2) is 0 Å². The molecule has 0 saturated heterocycles. The molecular weight excluding hydrogens is 316 g/mol. The van der Waals surface area contributed by atoms with E-state index in [1.807, 2.05) is 54.6 Å². The van der Waals surface area contributed by atoms with Crippen molar-refractivity contribution in [3.63, 3.8) is 0 Å². The van der Waals surface area contributed by atoms with Gasteiger partial charge in [0.2, 0.25) is 0 Å². The van der Waals surface area contributed by atoms with Crippen molar-refractivity contribution < 1.29 is 9.53 Å². The zero-order valence-corrected chi connectivity index (χ0v) is 14.1. The van der Waals surface area contributed by atoms with Gasteiger partial charge in [-0.3, -0.25) is 4.79 Å². The number of hydrogen-bond acceptors (Lipinski definition) is 4. The third-order valence-corrected chi connectivity index (χ3v) is 3.80. The molecule has 1 amide bonds. The maximum Gasteiger partial charge on any atom is 0.253 e. The average molecular weight is 336 g/mol. The maximum atomic E-state index is 12.5. The second kappa shape index (κ2) is 8.10. The normalized spacial score (nSPS) is 10.4. The van der Waals surface area contributed by atoms with Gasteiger partial charge in [-0.2, -0.15) is 5.10 Å². The summed E-state index contributed by atoms with van der Waals surface area (Å²) >= 11 is 0. The molecule has 3 aromatic rings. The van der Waals surface area contributed by atoms with Gasteiger partial charge in [0.25, 0.3) is 5.91 Å². The molecule has 6 heteroatoms. The zero-order chi connectivity index (χ0) is 17.5. The highest BCUT2D eigenvalue weighted by atomic mass is 16.5. The van der Waals surface area contributed by atoms with Crippen molar-refractivity contribution in [2.45, 2.75) is 6.54 Å². The largest absolute Gasteiger partial charge is 0.492 e. The van der Waals surface area contributed by atoms with Crippen molar-refractivity contribution in [2.24, 2.45) is 0 Å². The summed E-state index contributed by atoms with van der Waals surface area (Å²) in [5.41, 5.74) is 1.72. The van der Waals surface area contributed by atoms with Crippen LogP contribution in [0.4, 0.5) is 0 Å². The summed E-state index contributed by atoms with van der Waals surface area (Å²) in [7, 11) is 1.78. The molecule has 0 fully saturated rings. The van der Waals surface area contributed by atoms with Gasteiger partial charge in [-0.15, -0.1) is 0 Å². The van der Waals surface area contributed by atoms with Crippen LogP contribution in [0.25, 0.3) is 0 Å². The van der Waals surface area contributed by atoms with Gasteiger partial charge >= 0.3 is 0 Å². The molecule has 1 aromatic heterocycles. The average Bonchev–Trinajstić information content (AvgIpc) is 3.15. The fourth-order valence-electron chi connectivity index (χ4n) is 2.39. The van der Waals surface area contributed by atoms with Gasteiger partial charge in [-0.05, 0) is 29.8 Å². The van der Waals surface area contributed by atoms with Crippen LogP contribution in [0.5, 0.6) is 5.75 Å². The van der Waals surface area contributed by atoms with Crippen LogP contribution in [-0.2, 0) is 6.54 Å². The van der Waals surface area contributed by atoms with E-state index in [4.69, 9.17) is 4.74 Å². The molecule has 6 nitrogen and oxygen atoms in total. The molecule has 25 heavy (non-hydrogen) atoms. The van der Waals surface area contributed by atoms with Crippen LogP contribution in [0.3, 0.4) is 0 Å². The molecule has 1 heterocycles. The number of aromatic nitrogens is 3. The van der Waals surface area contributed by atoms with Crippen LogP contribution >= 0.6 is 0 Å². The Balaban J connectivity index is 1.51. The molecule has 0 radical (unpaired) electrons. The van der Waals surface area contributed by atoms with E-state index in [-0.39, 0.29) is 5.91 Å². The van der Waals surface area contributed by atoms with Crippen LogP contribution in [0.2, 0.25) is 0 Å². The molecule has 0 atom stereocenters. The number of benzene rings is 2. The number of carbonyl (C=O) groups excluding carboxylic acids is 1. The lowest BCUT2D eigenvalue weighted by Gasteiger charge is -2.17. The first kappa shape index (κ1) is 16.7. The Kier molecular flexibility index (Phi) is 5.41. The highest BCUT2D eigenvalue weighted by Crippen LogP contribution is 2.10. The van der Waals surface area contributed by atoms with E-state index in [9.17, 15) is 4.79 Å². The zero-order valence-electron chi connectivity index (χ0n) is 14.1. The first-order valence-electron chi connectivity index (χ1n) is 8.07. The minimum Gasteiger partial charge on any atom is -0.492 e. The highest BCUT2D eigenvalue weighted by Gasteiger charge is 2.11. The van der Waals surface area contributed by atoms with Crippen LogP contribution < -0.4 is 4.74 Å². The topological polar surface area (TPSA) is 60.2 Å². The molecule has 0 spiro atoms. The van der Waals surface area contributed by atoms with Gasteiger partial charge < -0.3 is 9.64 Å². The van der Waals surface area contributed by atoms with Crippen LogP contribution in [-0.4, -0.2) is 45.8 Å². The van der Waals surface area contributed by atoms with Crippen LogP contribution in [0, 0.1) is 0 Å². The molecule has 3 rings (SSSR count). The summed E-state index contributed by atoms with van der Waals surface area (Å²) in [6.45, 7) is 1.61. The number of rotatable bonds is 7. The summed E-state index contributed by atoms with van der Waals surface area (Å²) < 4.78 is 7.37. The predicted molar refractivity (Wildman–Crippen MR) is 94.5 cm³/mol. The number of hydrogen-bond donors (Lipinski definition) is 0. The third kappa shape index (κ3) is 4.67. The molecule has 0 unspecified atom stereocenters. The van der Waals surface area contributed by atoms with E-state index in [0.717, 1.165) is 11.3 Å². The summed E-state index contributed by atoms with van der Waals surface area (Å²) in [6, 6.07) is 17.1. The number of nitrogens with zero attached hydrogens (tertiary/aromatic N) is 4. The molecule has 0 bridgehead atoms. The molecule has 128 valence electrons. The molecule has 0 aliphatic carbocycles. The molecular formula is C19H20N4O2. The van der Waals surface area contributed by atoms with Crippen LogP contribution in [0.15, 0.2) is 67.3 Å². The van der Waals surface area contributed by atoms with Crippen molar-refractivity contribution in [2.75, 3.05) is 20.2 Å². The van der Waals surface area contributed by atoms with Gasteiger partial charge in [0.05, 0.1) is 13.1 Å². The number of para-hydroxylation sites is 1. The van der Waals surface area contributed by atoms with Crippen LogP contribution in [0.1, 0.15) is 15.9 Å². The maximum absolute atomic E-state index is 12.5. The Morgan fingerprint density at radius 2 is 1.88 bits per heavy atom. The summed E-state index contributed by atoms with van der Waals surface area (Å²) in [6.07, 6.45) is 3.17. The second-order valence-electron chi connectivity index (χ2n) is 5.68. The lowest BCUT2D eigenvalue weighted by atomic mass is 10.1. The number of ether oxygens (including phenoxy) is 1. The lowest BCUT2D eigenvalue weighted by molar-refractivity contribution is 0.0774. The van der Waals surface area contributed by atoms with Crippen molar-refractivity contribution in [3.8, 4) is 5.75 Å². The van der Waals surface area contributed by atoms with Crippen molar-refractivity contribution in [3.05, 3.63) is 78.4 Å². The van der Waals surface area contributed by atoms with Crippen molar-refractivity contribution in [1.29, 1.82) is 0 Å². The van der Waals surface area contributed by atoms with Gasteiger partial charge in [-0.1, -0.05) is 30.3 Å². The smallest absolute Gasteiger partial charge is 0.253 e. The number of amides is 1. The summed E-state index contributed by atoms with van der Waals surface area (Å²) in [5.74, 6) is 0.782. The third-order valence-electron chi connectivity index (χ3n) is 3.80. The van der Waals surface area contributed by atoms with E-state index in [0.29, 0.717) is 25.3 Å². The molecule has 2 aromatic carbocycles. The first-order valence-corrected chi connectivity index (χ1v) is 8.07.